The van der Waals surface area contributed by atoms with E-state index in [4.69, 9.17) is 0 Å². The van der Waals surface area contributed by atoms with Crippen LogP contribution in [0.25, 0.3) is 0 Å². The van der Waals surface area contributed by atoms with Crippen LogP contribution in [0.4, 0.5) is 4.39 Å². The Balaban J connectivity index is 2.07. The number of rotatable bonds is 3. The summed E-state index contributed by atoms with van der Waals surface area (Å²) in [6.45, 7) is 4.69. The molecule has 0 spiro atoms. The number of hydrogen-bond acceptors (Lipinski definition) is 2. The van der Waals surface area contributed by atoms with Gasteiger partial charge in [0, 0.05) is 16.2 Å². The third-order valence-corrected chi connectivity index (χ3v) is 5.15. The molecule has 1 saturated carbocycles. The Kier molecular flexibility index (Phi) is 4.33. The first-order valence-corrected chi connectivity index (χ1v) is 7.48. The molecule has 2 rings (SSSR count). The molecule has 1 aromatic rings. The zero-order valence-electron chi connectivity index (χ0n) is 11.4. The molecule has 0 amide bonds. The van der Waals surface area contributed by atoms with Crippen LogP contribution in [0.15, 0.2) is 29.2 Å². The van der Waals surface area contributed by atoms with Crippen molar-refractivity contribution in [3.8, 4) is 0 Å². The SMILES string of the molecule is CNC1CCC(C)(C)CC1Sc1ccc(F)cc1. The molecule has 3 heteroatoms. The normalized spacial score (nSPS) is 27.1. The molecule has 18 heavy (non-hydrogen) atoms. The third kappa shape index (κ3) is 3.48. The van der Waals surface area contributed by atoms with E-state index in [1.54, 1.807) is 12.1 Å². The van der Waals surface area contributed by atoms with Gasteiger partial charge in [0.25, 0.3) is 0 Å². The van der Waals surface area contributed by atoms with Crippen LogP contribution in [0.1, 0.15) is 33.1 Å². The predicted octanol–water partition coefficient (Wildman–Crippen LogP) is 4.08. The maximum absolute atomic E-state index is 12.9. The lowest BCUT2D eigenvalue weighted by atomic mass is 9.75. The summed E-state index contributed by atoms with van der Waals surface area (Å²) in [6, 6.07) is 7.42. The van der Waals surface area contributed by atoms with Gasteiger partial charge in [0.1, 0.15) is 5.82 Å². The van der Waals surface area contributed by atoms with Crippen molar-refractivity contribution in [3.63, 3.8) is 0 Å². The minimum atomic E-state index is -0.159. The highest BCUT2D eigenvalue weighted by Crippen LogP contribution is 2.42. The van der Waals surface area contributed by atoms with E-state index in [9.17, 15) is 4.39 Å². The van der Waals surface area contributed by atoms with Crippen LogP contribution < -0.4 is 5.32 Å². The van der Waals surface area contributed by atoms with Gasteiger partial charge in [-0.15, -0.1) is 11.8 Å². The second-order valence-electron chi connectivity index (χ2n) is 5.91. The van der Waals surface area contributed by atoms with Crippen molar-refractivity contribution in [1.29, 1.82) is 0 Å². The molecule has 1 nitrogen and oxygen atoms in total. The number of hydrogen-bond donors (Lipinski definition) is 1. The highest BCUT2D eigenvalue weighted by Gasteiger charge is 2.34. The van der Waals surface area contributed by atoms with Gasteiger partial charge in [-0.25, -0.2) is 4.39 Å². The van der Waals surface area contributed by atoms with Crippen LogP contribution in [0.5, 0.6) is 0 Å². The summed E-state index contributed by atoms with van der Waals surface area (Å²) in [5.41, 5.74) is 0.422. The average molecular weight is 267 g/mol. The topological polar surface area (TPSA) is 12.0 Å². The molecule has 1 aliphatic rings. The smallest absolute Gasteiger partial charge is 0.123 e. The summed E-state index contributed by atoms with van der Waals surface area (Å²) in [5, 5.41) is 4.00. The molecular formula is C15H22FNS. The van der Waals surface area contributed by atoms with Gasteiger partial charge in [-0.05, 0) is 56.0 Å². The van der Waals surface area contributed by atoms with Gasteiger partial charge < -0.3 is 5.32 Å². The van der Waals surface area contributed by atoms with E-state index in [0.29, 0.717) is 16.7 Å². The maximum atomic E-state index is 12.9. The van der Waals surface area contributed by atoms with E-state index in [-0.39, 0.29) is 5.82 Å². The molecule has 2 unspecified atom stereocenters. The van der Waals surface area contributed by atoms with Crippen LogP contribution in [0.2, 0.25) is 0 Å². The zero-order valence-corrected chi connectivity index (χ0v) is 12.2. The number of halogens is 1. The summed E-state index contributed by atoms with van der Waals surface area (Å²) in [5.74, 6) is -0.159. The quantitative estimate of drug-likeness (QED) is 0.885. The van der Waals surface area contributed by atoms with E-state index in [0.717, 1.165) is 0 Å². The van der Waals surface area contributed by atoms with Gasteiger partial charge in [0.05, 0.1) is 0 Å². The van der Waals surface area contributed by atoms with Crippen molar-refractivity contribution < 1.29 is 4.39 Å². The molecule has 0 bridgehead atoms. The summed E-state index contributed by atoms with van der Waals surface area (Å²) in [4.78, 5) is 1.17. The Morgan fingerprint density at radius 3 is 2.56 bits per heavy atom. The Labute approximate surface area is 114 Å². The molecule has 0 saturated heterocycles. The third-order valence-electron chi connectivity index (χ3n) is 3.81. The summed E-state index contributed by atoms with van der Waals surface area (Å²) < 4.78 is 12.9. The van der Waals surface area contributed by atoms with E-state index < -0.39 is 0 Å². The molecule has 0 aromatic heterocycles. The molecule has 1 N–H and O–H groups in total. The van der Waals surface area contributed by atoms with E-state index >= 15 is 0 Å². The van der Waals surface area contributed by atoms with Crippen molar-refractivity contribution in [1.82, 2.24) is 5.32 Å². The largest absolute Gasteiger partial charge is 0.316 e. The highest BCUT2D eigenvalue weighted by molar-refractivity contribution is 8.00. The summed E-state index contributed by atoms with van der Waals surface area (Å²) in [7, 11) is 2.04. The first-order chi connectivity index (χ1) is 8.50. The average Bonchev–Trinajstić information content (AvgIpc) is 2.31. The maximum Gasteiger partial charge on any atom is 0.123 e. The van der Waals surface area contributed by atoms with Gasteiger partial charge in [0.15, 0.2) is 0 Å². The molecule has 0 heterocycles. The predicted molar refractivity (Wildman–Crippen MR) is 76.5 cm³/mol. The fourth-order valence-electron chi connectivity index (χ4n) is 2.66. The fraction of sp³-hybridized carbons (Fsp3) is 0.600. The lowest BCUT2D eigenvalue weighted by Gasteiger charge is -2.40. The number of benzene rings is 1. The Morgan fingerprint density at radius 2 is 1.94 bits per heavy atom. The Bertz CT molecular complexity index is 388. The van der Waals surface area contributed by atoms with Gasteiger partial charge in [-0.2, -0.15) is 0 Å². The van der Waals surface area contributed by atoms with Crippen molar-refractivity contribution >= 4 is 11.8 Å². The van der Waals surface area contributed by atoms with Gasteiger partial charge in [-0.1, -0.05) is 13.8 Å². The lowest BCUT2D eigenvalue weighted by Crippen LogP contribution is -2.43. The molecule has 100 valence electrons. The Morgan fingerprint density at radius 1 is 1.28 bits per heavy atom. The highest BCUT2D eigenvalue weighted by atomic mass is 32.2. The minimum Gasteiger partial charge on any atom is -0.316 e. The summed E-state index contributed by atoms with van der Waals surface area (Å²) in [6.07, 6.45) is 3.71. The molecule has 1 aliphatic carbocycles. The number of thioether (sulfide) groups is 1. The van der Waals surface area contributed by atoms with Crippen LogP contribution in [-0.4, -0.2) is 18.3 Å². The second kappa shape index (κ2) is 5.62. The standard InChI is InChI=1S/C15H22FNS/c1-15(2)9-8-13(17-3)14(10-15)18-12-6-4-11(16)5-7-12/h4-7,13-14,17H,8-10H2,1-3H3. The van der Waals surface area contributed by atoms with E-state index in [1.165, 1.54) is 24.2 Å². The van der Waals surface area contributed by atoms with Crippen LogP contribution in [0, 0.1) is 11.2 Å². The lowest BCUT2D eigenvalue weighted by molar-refractivity contribution is 0.218. The van der Waals surface area contributed by atoms with Crippen molar-refractivity contribution in [2.45, 2.75) is 49.3 Å². The van der Waals surface area contributed by atoms with Gasteiger partial charge in [-0.3, -0.25) is 0 Å². The summed E-state index contributed by atoms with van der Waals surface area (Å²) >= 11 is 1.88. The van der Waals surface area contributed by atoms with Gasteiger partial charge in [0.2, 0.25) is 0 Å². The molecule has 0 aliphatic heterocycles. The van der Waals surface area contributed by atoms with E-state index in [2.05, 4.69) is 19.2 Å². The fourth-order valence-corrected chi connectivity index (χ4v) is 4.28. The monoisotopic (exact) mass is 267 g/mol. The molecule has 0 radical (unpaired) electrons. The number of nitrogens with one attached hydrogen (secondary N) is 1. The van der Waals surface area contributed by atoms with Crippen LogP contribution >= 0.6 is 11.8 Å². The van der Waals surface area contributed by atoms with Crippen LogP contribution in [0.3, 0.4) is 0 Å². The molecule has 1 fully saturated rings. The van der Waals surface area contributed by atoms with Crippen molar-refractivity contribution in [3.05, 3.63) is 30.1 Å². The zero-order chi connectivity index (χ0) is 13.2. The van der Waals surface area contributed by atoms with E-state index in [1.807, 2.05) is 30.9 Å². The van der Waals surface area contributed by atoms with Crippen molar-refractivity contribution in [2.75, 3.05) is 7.05 Å². The molecule has 2 atom stereocenters. The molecular weight excluding hydrogens is 245 g/mol. The van der Waals surface area contributed by atoms with Crippen LogP contribution in [-0.2, 0) is 0 Å². The second-order valence-corrected chi connectivity index (χ2v) is 7.23. The minimum absolute atomic E-state index is 0.159. The van der Waals surface area contributed by atoms with Crippen molar-refractivity contribution in [2.24, 2.45) is 5.41 Å². The first-order valence-electron chi connectivity index (χ1n) is 6.60. The van der Waals surface area contributed by atoms with Gasteiger partial charge >= 0.3 is 0 Å². The molecule has 1 aromatic carbocycles. The first kappa shape index (κ1) is 13.9. The Hall–Kier alpha value is -0.540.